The van der Waals surface area contributed by atoms with Gasteiger partial charge in [0.25, 0.3) is 5.91 Å². The molecule has 4 N–H and O–H groups in total. The Hall–Kier alpha value is -2.24. The summed E-state index contributed by atoms with van der Waals surface area (Å²) in [5.74, 6) is -0.120. The molecule has 0 saturated carbocycles. The number of nitrogens with two attached hydrogens (primary N) is 1. The number of H-pyrrole nitrogens is 1. The Morgan fingerprint density at radius 2 is 2.06 bits per heavy atom. The Labute approximate surface area is 210 Å². The lowest BCUT2D eigenvalue weighted by molar-refractivity contribution is 0.100. The van der Waals surface area contributed by atoms with Gasteiger partial charge in [-0.3, -0.25) is 4.79 Å². The largest absolute Gasteiger partial charge is 0.385 e. The van der Waals surface area contributed by atoms with Gasteiger partial charge in [-0.05, 0) is 78.9 Å². The van der Waals surface area contributed by atoms with Crippen LogP contribution in [0.25, 0.3) is 21.3 Å². The molecule has 35 heavy (non-hydrogen) atoms. The van der Waals surface area contributed by atoms with E-state index in [2.05, 4.69) is 27.8 Å². The normalized spacial score (nSPS) is 15.7. The fourth-order valence-corrected chi connectivity index (χ4v) is 6.78. The maximum atomic E-state index is 12.3. The number of carbonyl (C=O) groups is 1. The van der Waals surface area contributed by atoms with Crippen LogP contribution in [0.3, 0.4) is 0 Å². The summed E-state index contributed by atoms with van der Waals surface area (Å²) in [6.07, 6.45) is 4.42. The predicted molar refractivity (Wildman–Crippen MR) is 141 cm³/mol. The van der Waals surface area contributed by atoms with Crippen molar-refractivity contribution in [2.45, 2.75) is 38.6 Å². The summed E-state index contributed by atoms with van der Waals surface area (Å²) in [7, 11) is -1.47. The Bertz CT molecular complexity index is 1270. The van der Waals surface area contributed by atoms with Crippen LogP contribution >= 0.6 is 11.3 Å². The molecule has 0 spiro atoms. The van der Waals surface area contributed by atoms with Gasteiger partial charge in [0.15, 0.2) is 0 Å². The minimum Gasteiger partial charge on any atom is -0.385 e. The molecular formula is C25H34N4O4S2. The number of carbonyl (C=O) groups excluding carboxylic acids is 1. The molecule has 1 aliphatic rings. The quantitative estimate of drug-likeness (QED) is 0.335. The lowest BCUT2D eigenvalue weighted by Crippen LogP contribution is -2.38. The van der Waals surface area contributed by atoms with Crippen molar-refractivity contribution in [1.29, 1.82) is 0 Å². The van der Waals surface area contributed by atoms with Crippen LogP contribution in [0.4, 0.5) is 0 Å². The molecule has 3 heterocycles. The monoisotopic (exact) mass is 518 g/mol. The number of hydrogen-bond donors (Lipinski definition) is 3. The third kappa shape index (κ3) is 5.78. The van der Waals surface area contributed by atoms with Crippen LogP contribution in [-0.4, -0.2) is 62.7 Å². The third-order valence-corrected chi connectivity index (χ3v) is 9.62. The van der Waals surface area contributed by atoms with Crippen molar-refractivity contribution in [3.05, 3.63) is 46.5 Å². The highest BCUT2D eigenvalue weighted by atomic mass is 32.2. The third-order valence-electron chi connectivity index (χ3n) is 6.71. The highest BCUT2D eigenvalue weighted by Gasteiger charge is 2.29. The minimum atomic E-state index is -3.17. The molecule has 8 nitrogen and oxygen atoms in total. The first-order valence-electron chi connectivity index (χ1n) is 12.0. The summed E-state index contributed by atoms with van der Waals surface area (Å²) in [4.78, 5) is 16.7. The van der Waals surface area contributed by atoms with Crippen molar-refractivity contribution in [3.8, 4) is 10.4 Å². The van der Waals surface area contributed by atoms with Gasteiger partial charge in [0.1, 0.15) is 0 Å². The molecule has 4 rings (SSSR count). The molecule has 1 amide bonds. The molecule has 1 aliphatic heterocycles. The number of primary amides is 1. The highest BCUT2D eigenvalue weighted by molar-refractivity contribution is 7.89. The Morgan fingerprint density at radius 3 is 2.74 bits per heavy atom. The van der Waals surface area contributed by atoms with E-state index >= 15 is 0 Å². The van der Waals surface area contributed by atoms with Gasteiger partial charge >= 0.3 is 0 Å². The SMILES string of the molecule is CCS(=O)(=O)N1CCC(c2c[nH]c3c(C(N)=O)cc(-c4cc(CNCCCOC)cs4)cc23)CC1. The molecule has 0 unspecified atom stereocenters. The summed E-state index contributed by atoms with van der Waals surface area (Å²) >= 11 is 1.65. The first kappa shape index (κ1) is 25.8. The van der Waals surface area contributed by atoms with E-state index in [0.29, 0.717) is 18.7 Å². The Morgan fingerprint density at radius 1 is 1.29 bits per heavy atom. The van der Waals surface area contributed by atoms with E-state index in [1.54, 1.807) is 29.7 Å². The van der Waals surface area contributed by atoms with Crippen LogP contribution in [0.5, 0.6) is 0 Å². The zero-order valence-corrected chi connectivity index (χ0v) is 21.9. The zero-order chi connectivity index (χ0) is 25.0. The van der Waals surface area contributed by atoms with Crippen LogP contribution in [0.1, 0.15) is 53.6 Å². The van der Waals surface area contributed by atoms with Crippen molar-refractivity contribution in [2.75, 3.05) is 39.1 Å². The number of aromatic nitrogens is 1. The van der Waals surface area contributed by atoms with Crippen LogP contribution in [0.2, 0.25) is 0 Å². The summed E-state index contributed by atoms with van der Waals surface area (Å²) < 4.78 is 31.2. The first-order valence-corrected chi connectivity index (χ1v) is 14.5. The van der Waals surface area contributed by atoms with Crippen LogP contribution in [0.15, 0.2) is 29.8 Å². The molecule has 1 aromatic carbocycles. The predicted octanol–water partition coefficient (Wildman–Crippen LogP) is 3.65. The number of methoxy groups -OCH3 is 1. The topological polar surface area (TPSA) is 118 Å². The van der Waals surface area contributed by atoms with Gasteiger partial charge in [0, 0.05) is 49.8 Å². The van der Waals surface area contributed by atoms with E-state index in [0.717, 1.165) is 65.9 Å². The maximum absolute atomic E-state index is 12.3. The van der Waals surface area contributed by atoms with Crippen molar-refractivity contribution < 1.29 is 17.9 Å². The minimum absolute atomic E-state index is 0.127. The number of ether oxygens (including phenoxy) is 1. The van der Waals surface area contributed by atoms with Gasteiger partial charge < -0.3 is 20.8 Å². The van der Waals surface area contributed by atoms with Gasteiger partial charge in [-0.25, -0.2) is 12.7 Å². The number of fused-ring (bicyclic) bond motifs is 1. The van der Waals surface area contributed by atoms with Crippen LogP contribution in [0, 0.1) is 0 Å². The number of benzene rings is 1. The van der Waals surface area contributed by atoms with Crippen LogP contribution in [-0.2, 0) is 21.3 Å². The molecule has 0 bridgehead atoms. The summed E-state index contributed by atoms with van der Waals surface area (Å²) in [6, 6.07) is 6.15. The number of piperidine rings is 1. The number of rotatable bonds is 11. The van der Waals surface area contributed by atoms with E-state index in [4.69, 9.17) is 10.5 Å². The second-order valence-electron chi connectivity index (χ2n) is 8.97. The number of sulfonamides is 1. The molecule has 2 aromatic heterocycles. The van der Waals surface area contributed by atoms with Crippen molar-refractivity contribution in [2.24, 2.45) is 5.73 Å². The molecule has 0 atom stereocenters. The van der Waals surface area contributed by atoms with Gasteiger partial charge in [-0.1, -0.05) is 0 Å². The Balaban J connectivity index is 1.58. The van der Waals surface area contributed by atoms with E-state index < -0.39 is 15.9 Å². The number of amides is 1. The number of hydrogen-bond acceptors (Lipinski definition) is 6. The lowest BCUT2D eigenvalue weighted by Gasteiger charge is -2.31. The van der Waals surface area contributed by atoms with Gasteiger partial charge in [-0.15, -0.1) is 11.3 Å². The fourth-order valence-electron chi connectivity index (χ4n) is 4.75. The average molecular weight is 519 g/mol. The van der Waals surface area contributed by atoms with Gasteiger partial charge in [0.2, 0.25) is 10.0 Å². The fraction of sp³-hybridized carbons (Fsp3) is 0.480. The molecule has 3 aromatic rings. The van der Waals surface area contributed by atoms with Gasteiger partial charge in [0.05, 0.1) is 16.8 Å². The summed E-state index contributed by atoms with van der Waals surface area (Å²) in [5.41, 5.74) is 10.3. The maximum Gasteiger partial charge on any atom is 0.250 e. The van der Waals surface area contributed by atoms with E-state index in [9.17, 15) is 13.2 Å². The zero-order valence-electron chi connectivity index (χ0n) is 20.3. The standard InChI is InChI=1S/C25H34N4O4S2/c1-3-35(31,32)29-8-5-18(6-9-29)22-15-28-24-20(22)12-19(13-21(24)25(26)30)23-11-17(16-34-23)14-27-7-4-10-33-2/h11-13,15-16,18,27-28H,3-10,14H2,1-2H3,(H2,26,30). The molecule has 1 saturated heterocycles. The van der Waals surface area contributed by atoms with Crippen LogP contribution < -0.4 is 11.1 Å². The Kier molecular flexibility index (Phi) is 8.28. The molecule has 0 radical (unpaired) electrons. The van der Waals surface area contributed by atoms with Crippen molar-refractivity contribution in [3.63, 3.8) is 0 Å². The highest BCUT2D eigenvalue weighted by Crippen LogP contribution is 2.38. The molecule has 1 fully saturated rings. The smallest absolute Gasteiger partial charge is 0.250 e. The van der Waals surface area contributed by atoms with Crippen molar-refractivity contribution >= 4 is 38.2 Å². The lowest BCUT2D eigenvalue weighted by atomic mass is 9.89. The molecular weight excluding hydrogens is 484 g/mol. The molecule has 0 aliphatic carbocycles. The van der Waals surface area contributed by atoms with E-state index in [-0.39, 0.29) is 11.7 Å². The van der Waals surface area contributed by atoms with E-state index in [1.165, 1.54) is 5.56 Å². The van der Waals surface area contributed by atoms with Gasteiger partial charge in [-0.2, -0.15) is 0 Å². The first-order chi connectivity index (χ1) is 16.8. The second kappa shape index (κ2) is 11.2. The number of nitrogens with zero attached hydrogens (tertiary/aromatic N) is 1. The average Bonchev–Trinajstić information content (AvgIpc) is 3.50. The second-order valence-corrected chi connectivity index (χ2v) is 12.1. The number of thiophene rings is 1. The molecule has 10 heteroatoms. The summed E-state index contributed by atoms with van der Waals surface area (Å²) in [5, 5.41) is 6.55. The molecule has 190 valence electrons. The summed E-state index contributed by atoms with van der Waals surface area (Å²) in [6.45, 7) is 5.12. The number of nitrogens with one attached hydrogen (secondary N) is 2. The van der Waals surface area contributed by atoms with E-state index in [1.807, 2.05) is 12.3 Å². The van der Waals surface area contributed by atoms with Crippen molar-refractivity contribution in [1.82, 2.24) is 14.6 Å². The number of aromatic amines is 1.